The van der Waals surface area contributed by atoms with Crippen LogP contribution in [0.3, 0.4) is 0 Å². The van der Waals surface area contributed by atoms with Gasteiger partial charge in [-0.3, -0.25) is 4.79 Å². The second-order valence-corrected chi connectivity index (χ2v) is 6.93. The molecule has 150 valence electrons. The topological polar surface area (TPSA) is 44.8 Å². The quantitative estimate of drug-likeness (QED) is 0.261. The lowest BCUT2D eigenvalue weighted by atomic mass is 9.99. The van der Waals surface area contributed by atoms with Crippen LogP contribution in [0.5, 0.6) is 17.2 Å². The second kappa shape index (κ2) is 9.78. The molecule has 0 fully saturated rings. The van der Waals surface area contributed by atoms with Crippen molar-refractivity contribution in [3.63, 3.8) is 0 Å². The van der Waals surface area contributed by atoms with Crippen molar-refractivity contribution in [2.75, 3.05) is 6.79 Å². The number of carbonyl (C=O) groups excluding carboxylic acids is 1. The highest BCUT2D eigenvalue weighted by atomic mass is 16.7. The van der Waals surface area contributed by atoms with Crippen molar-refractivity contribution < 1.29 is 19.0 Å². The van der Waals surface area contributed by atoms with E-state index in [0.29, 0.717) is 11.7 Å². The lowest BCUT2D eigenvalue weighted by Gasteiger charge is -2.12. The summed E-state index contributed by atoms with van der Waals surface area (Å²) < 4.78 is 16.4. The van der Waals surface area contributed by atoms with Gasteiger partial charge >= 0.3 is 5.97 Å². The van der Waals surface area contributed by atoms with Crippen LogP contribution in [0, 0.1) is 0 Å². The summed E-state index contributed by atoms with van der Waals surface area (Å²) in [6, 6.07) is 23.3. The van der Waals surface area contributed by atoms with E-state index in [9.17, 15) is 4.79 Å². The van der Waals surface area contributed by atoms with Crippen LogP contribution < -0.4 is 14.2 Å². The number of carbonyl (C=O) groups is 1. The van der Waals surface area contributed by atoms with E-state index in [-0.39, 0.29) is 12.8 Å². The average molecular weight is 390 g/mol. The smallest absolute Gasteiger partial charge is 0.308 e. The molecule has 0 radical (unpaired) electrons. The summed E-state index contributed by atoms with van der Waals surface area (Å²) >= 11 is 0. The molecule has 1 atom stereocenters. The third-order valence-corrected chi connectivity index (χ3v) is 4.82. The molecule has 0 aliphatic heterocycles. The largest absolute Gasteiger partial charge is 0.458 e. The minimum atomic E-state index is -0.326. The molecule has 0 bridgehead atoms. The highest BCUT2D eigenvalue weighted by molar-refractivity contribution is 5.70. The number of hydrogen-bond donors (Lipinski definition) is 0. The van der Waals surface area contributed by atoms with Gasteiger partial charge in [0.15, 0.2) is 0 Å². The maximum Gasteiger partial charge on any atom is 0.308 e. The van der Waals surface area contributed by atoms with E-state index in [1.165, 1.54) is 12.5 Å². The van der Waals surface area contributed by atoms with Gasteiger partial charge in [0.25, 0.3) is 0 Å². The monoisotopic (exact) mass is 390 g/mol. The zero-order valence-electron chi connectivity index (χ0n) is 17.1. The predicted molar refractivity (Wildman–Crippen MR) is 114 cm³/mol. The lowest BCUT2D eigenvalue weighted by Crippen LogP contribution is -2.05. The van der Waals surface area contributed by atoms with Crippen molar-refractivity contribution in [1.29, 1.82) is 0 Å². The second-order valence-electron chi connectivity index (χ2n) is 6.93. The average Bonchev–Trinajstić information content (AvgIpc) is 2.74. The fraction of sp³-hybridized carbons (Fsp3) is 0.240. The number of esters is 1. The predicted octanol–water partition coefficient (Wildman–Crippen LogP) is 6.21. The number of hydrogen-bond acceptors (Lipinski definition) is 4. The molecule has 4 nitrogen and oxygen atoms in total. The molecule has 29 heavy (non-hydrogen) atoms. The minimum Gasteiger partial charge on any atom is -0.458 e. The van der Waals surface area contributed by atoms with Crippen LogP contribution in [0.4, 0.5) is 0 Å². The Kier molecular flexibility index (Phi) is 6.90. The summed E-state index contributed by atoms with van der Waals surface area (Å²) in [7, 11) is 0. The Morgan fingerprint density at radius 2 is 1.21 bits per heavy atom. The van der Waals surface area contributed by atoms with Gasteiger partial charge in [-0.1, -0.05) is 50.2 Å². The highest BCUT2D eigenvalue weighted by Crippen LogP contribution is 2.25. The molecule has 0 heterocycles. The Balaban J connectivity index is 1.52. The van der Waals surface area contributed by atoms with Crippen molar-refractivity contribution in [3.8, 4) is 28.4 Å². The first kappa shape index (κ1) is 20.5. The summed E-state index contributed by atoms with van der Waals surface area (Å²) in [5.74, 6) is 2.29. The summed E-state index contributed by atoms with van der Waals surface area (Å²) in [6.07, 6.45) is 1.12. The first-order valence-electron chi connectivity index (χ1n) is 9.79. The van der Waals surface area contributed by atoms with E-state index in [4.69, 9.17) is 14.2 Å². The summed E-state index contributed by atoms with van der Waals surface area (Å²) in [5, 5.41) is 0. The normalized spacial score (nSPS) is 11.6. The Morgan fingerprint density at radius 1 is 0.759 bits per heavy atom. The van der Waals surface area contributed by atoms with Crippen LogP contribution in [-0.2, 0) is 4.79 Å². The standard InChI is InChI=1S/C25H26O4/c1-4-18(2)20-5-11-23(12-6-20)27-17-28-24-13-7-21(8-14-24)22-9-15-25(16-10-22)29-19(3)26/h5-16,18H,4,17H2,1-3H3. The summed E-state index contributed by atoms with van der Waals surface area (Å²) in [6.45, 7) is 5.95. The maximum absolute atomic E-state index is 11.0. The Hall–Kier alpha value is -3.27. The molecule has 0 amide bonds. The van der Waals surface area contributed by atoms with Crippen molar-refractivity contribution >= 4 is 5.97 Å². The molecule has 3 aromatic rings. The van der Waals surface area contributed by atoms with Gasteiger partial charge < -0.3 is 14.2 Å². The van der Waals surface area contributed by atoms with Gasteiger partial charge in [-0.15, -0.1) is 0 Å². The Labute approximate surface area is 172 Å². The maximum atomic E-state index is 11.0. The molecule has 0 saturated heterocycles. The first-order valence-corrected chi connectivity index (χ1v) is 9.79. The molecule has 1 unspecified atom stereocenters. The van der Waals surface area contributed by atoms with Crippen LogP contribution in [-0.4, -0.2) is 12.8 Å². The van der Waals surface area contributed by atoms with E-state index in [1.807, 2.05) is 48.5 Å². The van der Waals surface area contributed by atoms with Crippen LogP contribution >= 0.6 is 0 Å². The number of rotatable bonds is 8. The van der Waals surface area contributed by atoms with Gasteiger partial charge in [0.2, 0.25) is 6.79 Å². The molecule has 4 heteroatoms. The number of ether oxygens (including phenoxy) is 3. The van der Waals surface area contributed by atoms with Crippen molar-refractivity contribution in [1.82, 2.24) is 0 Å². The Morgan fingerprint density at radius 3 is 1.66 bits per heavy atom. The van der Waals surface area contributed by atoms with Crippen molar-refractivity contribution in [2.24, 2.45) is 0 Å². The van der Waals surface area contributed by atoms with E-state index >= 15 is 0 Å². The van der Waals surface area contributed by atoms with Gasteiger partial charge in [-0.25, -0.2) is 0 Å². The van der Waals surface area contributed by atoms with Gasteiger partial charge in [-0.2, -0.15) is 0 Å². The van der Waals surface area contributed by atoms with E-state index in [2.05, 4.69) is 26.0 Å². The van der Waals surface area contributed by atoms with E-state index < -0.39 is 0 Å². The molecule has 0 aromatic heterocycles. The molecular formula is C25H26O4. The third kappa shape index (κ3) is 5.85. The van der Waals surface area contributed by atoms with E-state index in [1.54, 1.807) is 12.1 Å². The summed E-state index contributed by atoms with van der Waals surface area (Å²) in [4.78, 5) is 11.0. The van der Waals surface area contributed by atoms with Gasteiger partial charge in [0.1, 0.15) is 17.2 Å². The SMILES string of the molecule is CCC(C)c1ccc(OCOc2ccc(-c3ccc(OC(C)=O)cc3)cc2)cc1. The van der Waals surface area contributed by atoms with Crippen LogP contribution in [0.1, 0.15) is 38.7 Å². The molecular weight excluding hydrogens is 364 g/mol. The fourth-order valence-corrected chi connectivity index (χ4v) is 2.92. The van der Waals surface area contributed by atoms with Crippen molar-refractivity contribution in [3.05, 3.63) is 78.4 Å². The van der Waals surface area contributed by atoms with Crippen LogP contribution in [0.25, 0.3) is 11.1 Å². The van der Waals surface area contributed by atoms with E-state index in [0.717, 1.165) is 29.0 Å². The molecule has 0 saturated carbocycles. The highest BCUT2D eigenvalue weighted by Gasteiger charge is 2.04. The Bertz CT molecular complexity index is 913. The van der Waals surface area contributed by atoms with Crippen LogP contribution in [0.15, 0.2) is 72.8 Å². The first-order chi connectivity index (χ1) is 14.0. The molecule has 0 N–H and O–H groups in total. The van der Waals surface area contributed by atoms with Gasteiger partial charge in [0, 0.05) is 6.92 Å². The lowest BCUT2D eigenvalue weighted by molar-refractivity contribution is -0.131. The van der Waals surface area contributed by atoms with Crippen LogP contribution in [0.2, 0.25) is 0 Å². The molecule has 0 spiro atoms. The molecule has 0 aliphatic carbocycles. The molecule has 3 rings (SSSR count). The van der Waals surface area contributed by atoms with Crippen molar-refractivity contribution in [2.45, 2.75) is 33.1 Å². The minimum absolute atomic E-state index is 0.152. The third-order valence-electron chi connectivity index (χ3n) is 4.82. The zero-order chi connectivity index (χ0) is 20.6. The molecule has 0 aliphatic rings. The number of benzene rings is 3. The van der Waals surface area contributed by atoms with Gasteiger partial charge in [0.05, 0.1) is 0 Å². The fourth-order valence-electron chi connectivity index (χ4n) is 2.92. The molecule has 3 aromatic carbocycles. The summed E-state index contributed by atoms with van der Waals surface area (Å²) in [5.41, 5.74) is 3.40. The zero-order valence-corrected chi connectivity index (χ0v) is 17.1. The van der Waals surface area contributed by atoms with Gasteiger partial charge in [-0.05, 0) is 65.4 Å².